The van der Waals surface area contributed by atoms with Crippen molar-refractivity contribution in [3.63, 3.8) is 0 Å². The zero-order valence-electron chi connectivity index (χ0n) is 11.1. The maximum Gasteiger partial charge on any atom is 0.322 e. The first kappa shape index (κ1) is 12.8. The van der Waals surface area contributed by atoms with E-state index in [4.69, 9.17) is 10.5 Å². The highest BCUT2D eigenvalue weighted by Gasteiger charge is 2.25. The number of hydrogen-bond donors (Lipinski definition) is 1. The van der Waals surface area contributed by atoms with Crippen LogP contribution in [0.1, 0.15) is 13.3 Å². The molecule has 1 saturated heterocycles. The van der Waals surface area contributed by atoms with Crippen LogP contribution in [-0.4, -0.2) is 59.7 Å². The lowest BCUT2D eigenvalue weighted by atomic mass is 10.1. The van der Waals surface area contributed by atoms with E-state index in [0.29, 0.717) is 12.0 Å². The number of ether oxygens (including phenoxy) is 1. The first-order valence-electron chi connectivity index (χ1n) is 6.14. The summed E-state index contributed by atoms with van der Waals surface area (Å²) in [6, 6.07) is 0.784. The second kappa shape index (κ2) is 5.34. The van der Waals surface area contributed by atoms with Crippen LogP contribution < -0.4 is 15.4 Å². The Morgan fingerprint density at radius 3 is 2.78 bits per heavy atom. The van der Waals surface area contributed by atoms with Gasteiger partial charge in [-0.1, -0.05) is 6.92 Å². The molecule has 100 valence electrons. The Balaban J connectivity index is 2.18. The van der Waals surface area contributed by atoms with Crippen molar-refractivity contribution in [3.05, 3.63) is 0 Å². The molecule has 0 amide bonds. The number of nitrogens with two attached hydrogens (primary N) is 1. The van der Waals surface area contributed by atoms with Gasteiger partial charge in [-0.25, -0.2) is 0 Å². The van der Waals surface area contributed by atoms with Crippen molar-refractivity contribution >= 4 is 11.9 Å². The molecular formula is C11H20N6O. The van der Waals surface area contributed by atoms with Gasteiger partial charge in [0, 0.05) is 25.7 Å². The number of piperazine rings is 1. The van der Waals surface area contributed by atoms with Gasteiger partial charge in [-0.2, -0.15) is 15.0 Å². The molecule has 2 N–H and O–H groups in total. The van der Waals surface area contributed by atoms with Crippen LogP contribution in [0.2, 0.25) is 0 Å². The molecule has 2 heterocycles. The number of rotatable bonds is 3. The van der Waals surface area contributed by atoms with Gasteiger partial charge in [-0.3, -0.25) is 4.90 Å². The van der Waals surface area contributed by atoms with Gasteiger partial charge < -0.3 is 15.4 Å². The normalized spacial score (nSPS) is 21.1. The molecule has 0 radical (unpaired) electrons. The summed E-state index contributed by atoms with van der Waals surface area (Å²) in [4.78, 5) is 16.8. The topological polar surface area (TPSA) is 80.4 Å². The van der Waals surface area contributed by atoms with Gasteiger partial charge in [0.15, 0.2) is 0 Å². The minimum absolute atomic E-state index is 0.198. The Morgan fingerprint density at radius 1 is 1.33 bits per heavy atom. The Labute approximate surface area is 107 Å². The van der Waals surface area contributed by atoms with E-state index in [1.807, 2.05) is 0 Å². The van der Waals surface area contributed by atoms with Crippen LogP contribution in [0.3, 0.4) is 0 Å². The van der Waals surface area contributed by atoms with E-state index in [1.54, 1.807) is 0 Å². The first-order valence-corrected chi connectivity index (χ1v) is 6.14. The first-order chi connectivity index (χ1) is 8.63. The maximum atomic E-state index is 5.66. The van der Waals surface area contributed by atoms with Gasteiger partial charge in [0.25, 0.3) is 0 Å². The molecule has 1 atom stereocenters. The quantitative estimate of drug-likeness (QED) is 0.810. The summed E-state index contributed by atoms with van der Waals surface area (Å²) >= 11 is 0. The van der Waals surface area contributed by atoms with Crippen LogP contribution in [0.4, 0.5) is 11.9 Å². The number of likely N-dealkylation sites (N-methyl/N-ethyl adjacent to an activating group) is 1. The van der Waals surface area contributed by atoms with Crippen LogP contribution in [0.25, 0.3) is 0 Å². The highest BCUT2D eigenvalue weighted by molar-refractivity contribution is 5.36. The molecule has 0 aliphatic carbocycles. The van der Waals surface area contributed by atoms with Crippen molar-refractivity contribution < 1.29 is 4.74 Å². The van der Waals surface area contributed by atoms with Gasteiger partial charge in [0.05, 0.1) is 7.11 Å². The standard InChI is InChI=1S/C11H20N6O/c1-4-8-7-17(6-5-16(8)2)10-13-9(12)14-11(15-10)18-3/h8H,4-7H2,1-3H3,(H2,12,13,14,15). The molecule has 0 bridgehead atoms. The lowest BCUT2D eigenvalue weighted by molar-refractivity contribution is 0.212. The van der Waals surface area contributed by atoms with Crippen LogP contribution in [-0.2, 0) is 0 Å². The van der Waals surface area contributed by atoms with E-state index in [-0.39, 0.29) is 12.0 Å². The molecule has 0 aromatic carbocycles. The minimum atomic E-state index is 0.198. The molecule has 1 aliphatic heterocycles. The Bertz CT molecular complexity index is 413. The highest BCUT2D eigenvalue weighted by atomic mass is 16.5. The van der Waals surface area contributed by atoms with Crippen molar-refractivity contribution in [2.75, 3.05) is 44.4 Å². The lowest BCUT2D eigenvalue weighted by Crippen LogP contribution is -2.51. The number of methoxy groups -OCH3 is 1. The van der Waals surface area contributed by atoms with E-state index in [2.05, 4.69) is 38.7 Å². The number of hydrogen-bond acceptors (Lipinski definition) is 7. The van der Waals surface area contributed by atoms with Gasteiger partial charge in [0.2, 0.25) is 11.9 Å². The van der Waals surface area contributed by atoms with E-state index >= 15 is 0 Å². The van der Waals surface area contributed by atoms with Crippen LogP contribution in [0, 0.1) is 0 Å². The van der Waals surface area contributed by atoms with E-state index in [9.17, 15) is 0 Å². The summed E-state index contributed by atoms with van der Waals surface area (Å²) in [6.45, 7) is 4.97. The summed E-state index contributed by atoms with van der Waals surface area (Å²) < 4.78 is 5.02. The molecule has 1 aromatic rings. The predicted octanol–water partition coefficient (Wildman–Crippen LogP) is -0.00720. The Hall–Kier alpha value is -1.63. The zero-order chi connectivity index (χ0) is 13.1. The fraction of sp³-hybridized carbons (Fsp3) is 0.727. The summed E-state index contributed by atoms with van der Waals surface area (Å²) in [5.74, 6) is 0.801. The van der Waals surface area contributed by atoms with Crippen LogP contribution in [0.15, 0.2) is 0 Å². The summed E-state index contributed by atoms with van der Waals surface area (Å²) in [5.41, 5.74) is 5.66. The number of nitrogens with zero attached hydrogens (tertiary/aromatic N) is 5. The molecule has 1 unspecified atom stereocenters. The fourth-order valence-corrected chi connectivity index (χ4v) is 2.16. The van der Waals surface area contributed by atoms with Crippen LogP contribution >= 0.6 is 0 Å². The third kappa shape index (κ3) is 2.61. The van der Waals surface area contributed by atoms with Crippen molar-refractivity contribution in [1.82, 2.24) is 19.9 Å². The third-order valence-corrected chi connectivity index (χ3v) is 3.33. The molecular weight excluding hydrogens is 232 g/mol. The summed E-state index contributed by atoms with van der Waals surface area (Å²) in [6.07, 6.45) is 1.10. The SMILES string of the molecule is CCC1CN(c2nc(N)nc(OC)n2)CCN1C. The van der Waals surface area contributed by atoms with Gasteiger partial charge >= 0.3 is 6.01 Å². The van der Waals surface area contributed by atoms with Crippen molar-refractivity contribution in [2.45, 2.75) is 19.4 Å². The molecule has 1 aliphatic rings. The van der Waals surface area contributed by atoms with Gasteiger partial charge in [0.1, 0.15) is 0 Å². The average Bonchev–Trinajstić information content (AvgIpc) is 2.38. The third-order valence-electron chi connectivity index (χ3n) is 3.33. The van der Waals surface area contributed by atoms with Crippen molar-refractivity contribution in [3.8, 4) is 6.01 Å². The maximum absolute atomic E-state index is 5.66. The van der Waals surface area contributed by atoms with Gasteiger partial charge in [-0.15, -0.1) is 0 Å². The largest absolute Gasteiger partial charge is 0.467 e. The molecule has 0 spiro atoms. The van der Waals surface area contributed by atoms with Crippen LogP contribution in [0.5, 0.6) is 6.01 Å². The average molecular weight is 252 g/mol. The lowest BCUT2D eigenvalue weighted by Gasteiger charge is -2.39. The smallest absolute Gasteiger partial charge is 0.322 e. The molecule has 1 fully saturated rings. The van der Waals surface area contributed by atoms with Crippen molar-refractivity contribution in [2.24, 2.45) is 0 Å². The Morgan fingerprint density at radius 2 is 2.11 bits per heavy atom. The summed E-state index contributed by atoms with van der Waals surface area (Å²) in [5, 5.41) is 0. The Kier molecular flexibility index (Phi) is 3.81. The number of aromatic nitrogens is 3. The van der Waals surface area contributed by atoms with E-state index in [1.165, 1.54) is 7.11 Å². The number of anilines is 2. The fourth-order valence-electron chi connectivity index (χ4n) is 2.16. The van der Waals surface area contributed by atoms with Crippen molar-refractivity contribution in [1.29, 1.82) is 0 Å². The predicted molar refractivity (Wildman–Crippen MR) is 69.7 cm³/mol. The molecule has 7 nitrogen and oxygen atoms in total. The van der Waals surface area contributed by atoms with E-state index in [0.717, 1.165) is 26.1 Å². The summed E-state index contributed by atoms with van der Waals surface area (Å²) in [7, 11) is 3.67. The molecule has 0 saturated carbocycles. The molecule has 7 heteroatoms. The van der Waals surface area contributed by atoms with E-state index < -0.39 is 0 Å². The van der Waals surface area contributed by atoms with Gasteiger partial charge in [-0.05, 0) is 13.5 Å². The molecule has 2 rings (SSSR count). The number of nitrogen functional groups attached to an aromatic ring is 1. The minimum Gasteiger partial charge on any atom is -0.467 e. The second-order valence-corrected chi connectivity index (χ2v) is 4.47. The molecule has 1 aromatic heterocycles. The highest BCUT2D eigenvalue weighted by Crippen LogP contribution is 2.18. The monoisotopic (exact) mass is 252 g/mol. The molecule has 18 heavy (non-hydrogen) atoms. The zero-order valence-corrected chi connectivity index (χ0v) is 11.1. The second-order valence-electron chi connectivity index (χ2n) is 4.47.